The summed E-state index contributed by atoms with van der Waals surface area (Å²) in [5, 5.41) is 14.1. The average molecular weight is 668 g/mol. The van der Waals surface area contributed by atoms with Gasteiger partial charge in [0, 0.05) is 29.3 Å². The van der Waals surface area contributed by atoms with Crippen molar-refractivity contribution in [2.75, 3.05) is 0 Å². The van der Waals surface area contributed by atoms with Gasteiger partial charge in [0.25, 0.3) is 12.9 Å². The fourth-order valence-corrected chi connectivity index (χ4v) is 5.48. The van der Waals surface area contributed by atoms with Crippen molar-refractivity contribution in [3.63, 3.8) is 0 Å². The first-order valence-electron chi connectivity index (χ1n) is 14.3. The molecule has 2 fully saturated rings. The van der Waals surface area contributed by atoms with Gasteiger partial charge in [-0.3, -0.25) is 0 Å². The van der Waals surface area contributed by atoms with Crippen molar-refractivity contribution in [3.05, 3.63) is 88.3 Å². The number of aromatic nitrogens is 8. The van der Waals surface area contributed by atoms with Gasteiger partial charge < -0.3 is 9.13 Å². The second-order valence-electron chi connectivity index (χ2n) is 11.1. The maximum atomic E-state index is 13.9. The molecule has 238 valence electrons. The normalized spacial score (nSPS) is 14.6. The number of rotatable bonds is 6. The first-order chi connectivity index (χ1) is 22.6. The second-order valence-corrected chi connectivity index (χ2v) is 11.5. The minimum Gasteiger partial charge on any atom is -0.322 e. The fourth-order valence-electron chi connectivity index (χ4n) is 5.32. The third-order valence-electron chi connectivity index (χ3n) is 7.74. The number of hydrogen-bond acceptors (Lipinski definition) is 6. The smallest absolute Gasteiger partial charge is 0.282 e. The summed E-state index contributed by atoms with van der Waals surface area (Å²) in [6.07, 6.45) is 1.03. The molecule has 2 aromatic carbocycles. The Labute approximate surface area is 266 Å². The van der Waals surface area contributed by atoms with Crippen molar-refractivity contribution in [2.45, 2.75) is 50.6 Å². The molecule has 16 heteroatoms. The highest BCUT2D eigenvalue weighted by Gasteiger charge is 2.31. The van der Waals surface area contributed by atoms with Crippen molar-refractivity contribution in [2.24, 2.45) is 0 Å². The summed E-state index contributed by atoms with van der Waals surface area (Å²) in [5.41, 5.74) is 2.01. The zero-order valence-electron chi connectivity index (χ0n) is 23.9. The Bertz CT molecular complexity index is 2200. The predicted octanol–water partition coefficient (Wildman–Crippen LogP) is 9.01. The van der Waals surface area contributed by atoms with Crippen molar-refractivity contribution in [3.8, 4) is 22.8 Å². The molecule has 0 spiro atoms. The van der Waals surface area contributed by atoms with Gasteiger partial charge in [-0.05, 0) is 56.0 Å². The molecule has 2 saturated carbocycles. The molecule has 0 bridgehead atoms. The minimum atomic E-state index is -2.73. The van der Waals surface area contributed by atoms with Crippen LogP contribution in [-0.4, -0.2) is 39.5 Å². The van der Waals surface area contributed by atoms with Crippen molar-refractivity contribution >= 4 is 39.4 Å². The van der Waals surface area contributed by atoms with Crippen LogP contribution in [0.4, 0.5) is 32.0 Å². The lowest BCUT2D eigenvalue weighted by Crippen LogP contribution is -2.00. The standard InChI is InChI=1S/C16H10F3N5.C15H10ClF3N4/c1-20-11-6-14-12(5-10(11)17)22-16(24(14)9-2-3-9)8-4-13(15(18)19)23-21-7-8;16-9-4-13-11(5-10(9)17)21-15(23(13)8-1-2-8)7-3-12(14(18)19)22-20-6-7/h4-7,9,15H,2-3H2;3-6,8,14H,1-2H2. The van der Waals surface area contributed by atoms with Gasteiger partial charge in [0.1, 0.15) is 34.7 Å². The maximum absolute atomic E-state index is 13.9. The predicted molar refractivity (Wildman–Crippen MR) is 159 cm³/mol. The van der Waals surface area contributed by atoms with Crippen LogP contribution in [0.15, 0.2) is 48.8 Å². The highest BCUT2D eigenvalue weighted by Crippen LogP contribution is 2.43. The minimum absolute atomic E-state index is 0.00646. The summed E-state index contributed by atoms with van der Waals surface area (Å²) in [7, 11) is 0. The Balaban J connectivity index is 0.000000150. The van der Waals surface area contributed by atoms with E-state index in [9.17, 15) is 26.3 Å². The maximum Gasteiger partial charge on any atom is 0.282 e. The summed E-state index contributed by atoms with van der Waals surface area (Å²) in [4.78, 5) is 12.0. The summed E-state index contributed by atoms with van der Waals surface area (Å²) in [6, 6.07) is 8.30. The van der Waals surface area contributed by atoms with Gasteiger partial charge in [0.2, 0.25) is 5.69 Å². The molecule has 0 atom stereocenters. The molecular weight excluding hydrogens is 648 g/mol. The quantitative estimate of drug-likeness (QED) is 0.130. The molecule has 6 aromatic rings. The van der Waals surface area contributed by atoms with E-state index >= 15 is 0 Å². The number of hydrogen-bond donors (Lipinski definition) is 0. The van der Waals surface area contributed by atoms with E-state index in [-0.39, 0.29) is 22.8 Å². The molecule has 0 radical (unpaired) electrons. The molecule has 0 N–H and O–H groups in total. The average Bonchev–Trinajstić information content (AvgIpc) is 4.01. The largest absolute Gasteiger partial charge is 0.322 e. The summed E-state index contributed by atoms with van der Waals surface area (Å²) in [6.45, 7) is 7.05. The molecule has 9 nitrogen and oxygen atoms in total. The van der Waals surface area contributed by atoms with Gasteiger partial charge in [-0.2, -0.15) is 10.2 Å². The van der Waals surface area contributed by atoms with E-state index < -0.39 is 35.9 Å². The summed E-state index contributed by atoms with van der Waals surface area (Å²) >= 11 is 5.87. The van der Waals surface area contributed by atoms with E-state index in [0.29, 0.717) is 44.8 Å². The Hall–Kier alpha value is -5.10. The molecular formula is C31H20ClF6N9. The number of imidazole rings is 2. The van der Waals surface area contributed by atoms with E-state index in [1.54, 1.807) is 0 Å². The Morgan fingerprint density at radius 2 is 1.17 bits per heavy atom. The molecule has 47 heavy (non-hydrogen) atoms. The fraction of sp³-hybridized carbons (Fsp3) is 0.258. The number of alkyl halides is 4. The topological polar surface area (TPSA) is 91.6 Å². The van der Waals surface area contributed by atoms with Gasteiger partial charge in [-0.15, -0.1) is 10.2 Å². The summed E-state index contributed by atoms with van der Waals surface area (Å²) < 4.78 is 82.8. The van der Waals surface area contributed by atoms with Crippen molar-refractivity contribution in [1.29, 1.82) is 0 Å². The molecule has 4 heterocycles. The SMILES string of the molecule is Fc1cc2nc(-c3cnnc(C(F)F)c3)n(C3CC3)c2cc1Cl.[C-]#[N+]c1cc2c(cc1F)nc(-c1cnnc(C(F)F)c1)n2C1CC1. The van der Waals surface area contributed by atoms with Crippen LogP contribution in [-0.2, 0) is 0 Å². The van der Waals surface area contributed by atoms with Gasteiger partial charge in [0.15, 0.2) is 0 Å². The zero-order valence-corrected chi connectivity index (χ0v) is 24.7. The van der Waals surface area contributed by atoms with E-state index in [1.165, 1.54) is 48.8 Å². The summed E-state index contributed by atoms with van der Waals surface area (Å²) in [5.74, 6) is -0.301. The lowest BCUT2D eigenvalue weighted by Gasteiger charge is -2.08. The molecule has 0 saturated heterocycles. The van der Waals surface area contributed by atoms with E-state index in [2.05, 4.69) is 35.2 Å². The van der Waals surface area contributed by atoms with Crippen molar-refractivity contribution < 1.29 is 26.3 Å². The first-order valence-corrected chi connectivity index (χ1v) is 14.7. The zero-order chi connectivity index (χ0) is 33.0. The number of benzene rings is 2. The second kappa shape index (κ2) is 11.9. The number of nitrogens with zero attached hydrogens (tertiary/aromatic N) is 9. The molecule has 2 aliphatic carbocycles. The first kappa shape index (κ1) is 30.5. The van der Waals surface area contributed by atoms with E-state index in [1.807, 2.05) is 9.13 Å². The monoisotopic (exact) mass is 667 g/mol. The van der Waals surface area contributed by atoms with E-state index in [0.717, 1.165) is 25.7 Å². The molecule has 0 unspecified atom stereocenters. The highest BCUT2D eigenvalue weighted by atomic mass is 35.5. The van der Waals surface area contributed by atoms with E-state index in [4.69, 9.17) is 18.2 Å². The molecule has 2 aliphatic rings. The third-order valence-corrected chi connectivity index (χ3v) is 8.03. The van der Waals surface area contributed by atoms with Crippen LogP contribution in [0, 0.1) is 18.2 Å². The van der Waals surface area contributed by atoms with Crippen molar-refractivity contribution in [1.82, 2.24) is 39.5 Å². The Morgan fingerprint density at radius 1 is 0.702 bits per heavy atom. The third kappa shape index (κ3) is 5.85. The van der Waals surface area contributed by atoms with Crippen LogP contribution >= 0.6 is 11.6 Å². The lowest BCUT2D eigenvalue weighted by molar-refractivity contribution is 0.144. The number of halogens is 7. The van der Waals surface area contributed by atoms with Gasteiger partial charge >= 0.3 is 0 Å². The van der Waals surface area contributed by atoms with Crippen LogP contribution in [0.5, 0.6) is 0 Å². The number of fused-ring (bicyclic) bond motifs is 2. The van der Waals surface area contributed by atoms with Crippen LogP contribution in [0.25, 0.3) is 49.7 Å². The molecule has 0 amide bonds. The molecule has 0 aliphatic heterocycles. The van der Waals surface area contributed by atoms with Gasteiger partial charge in [0.05, 0.1) is 46.1 Å². The molecule has 4 aromatic heterocycles. The van der Waals surface area contributed by atoms with Gasteiger partial charge in [-0.1, -0.05) is 11.6 Å². The Kier molecular flexibility index (Phi) is 7.75. The van der Waals surface area contributed by atoms with Crippen LogP contribution < -0.4 is 0 Å². The lowest BCUT2D eigenvalue weighted by atomic mass is 10.2. The van der Waals surface area contributed by atoms with Gasteiger partial charge in [-0.25, -0.2) is 41.2 Å². The molecule has 8 rings (SSSR count). The highest BCUT2D eigenvalue weighted by molar-refractivity contribution is 6.31. The van der Waals surface area contributed by atoms with Crippen LogP contribution in [0.2, 0.25) is 5.02 Å². The van der Waals surface area contributed by atoms with Crippen LogP contribution in [0.1, 0.15) is 62.0 Å². The Morgan fingerprint density at radius 3 is 1.62 bits per heavy atom. The van der Waals surface area contributed by atoms with Crippen LogP contribution in [0.3, 0.4) is 0 Å².